The minimum Gasteiger partial charge on any atom is -0.506 e. The SMILES string of the molecule is C[C@@H](NCc1ccc(O)c(Cl)c1)C1CCCCCC1. The molecule has 106 valence electrons. The van der Waals surface area contributed by atoms with Crippen molar-refractivity contribution in [3.63, 3.8) is 0 Å². The molecule has 0 aromatic heterocycles. The van der Waals surface area contributed by atoms with Gasteiger partial charge in [-0.05, 0) is 43.4 Å². The van der Waals surface area contributed by atoms with Crippen molar-refractivity contribution in [2.45, 2.75) is 58.0 Å². The fourth-order valence-electron chi connectivity index (χ4n) is 2.92. The van der Waals surface area contributed by atoms with Crippen molar-refractivity contribution in [3.8, 4) is 5.75 Å². The Balaban J connectivity index is 1.84. The molecule has 0 aliphatic heterocycles. The lowest BCUT2D eigenvalue weighted by atomic mass is 9.93. The maximum absolute atomic E-state index is 9.40. The normalized spacial score (nSPS) is 19.1. The van der Waals surface area contributed by atoms with Gasteiger partial charge < -0.3 is 10.4 Å². The van der Waals surface area contributed by atoms with Crippen molar-refractivity contribution >= 4 is 11.6 Å². The van der Waals surface area contributed by atoms with Gasteiger partial charge in [0.05, 0.1) is 5.02 Å². The molecule has 1 aromatic rings. The molecule has 19 heavy (non-hydrogen) atoms. The van der Waals surface area contributed by atoms with E-state index in [-0.39, 0.29) is 5.75 Å². The molecule has 0 spiro atoms. The summed E-state index contributed by atoms with van der Waals surface area (Å²) in [5.41, 5.74) is 1.13. The Bertz CT molecular complexity index is 400. The van der Waals surface area contributed by atoms with Crippen molar-refractivity contribution in [2.75, 3.05) is 0 Å². The number of hydrogen-bond acceptors (Lipinski definition) is 2. The molecule has 1 atom stereocenters. The fourth-order valence-corrected chi connectivity index (χ4v) is 3.12. The van der Waals surface area contributed by atoms with Gasteiger partial charge in [-0.15, -0.1) is 0 Å². The zero-order valence-corrected chi connectivity index (χ0v) is 12.4. The molecule has 0 unspecified atom stereocenters. The average Bonchev–Trinajstić information content (AvgIpc) is 2.69. The molecule has 0 radical (unpaired) electrons. The van der Waals surface area contributed by atoms with Crippen LogP contribution in [0.2, 0.25) is 5.02 Å². The van der Waals surface area contributed by atoms with Crippen molar-refractivity contribution in [3.05, 3.63) is 28.8 Å². The molecule has 2 rings (SSSR count). The average molecular weight is 282 g/mol. The number of phenols is 1. The lowest BCUT2D eigenvalue weighted by Gasteiger charge is -2.23. The maximum atomic E-state index is 9.40. The van der Waals surface area contributed by atoms with Crippen LogP contribution in [0.3, 0.4) is 0 Å². The van der Waals surface area contributed by atoms with E-state index in [0.717, 1.165) is 18.0 Å². The Kier molecular flexibility index (Phi) is 5.53. The standard InChI is InChI=1S/C16H24ClNO/c1-12(14-6-4-2-3-5-7-14)18-11-13-8-9-16(19)15(17)10-13/h8-10,12,14,18-19H,2-7,11H2,1H3/t12-/m1/s1. The van der Waals surface area contributed by atoms with Crippen molar-refractivity contribution in [1.29, 1.82) is 0 Å². The maximum Gasteiger partial charge on any atom is 0.134 e. The van der Waals surface area contributed by atoms with Crippen LogP contribution in [0, 0.1) is 5.92 Å². The lowest BCUT2D eigenvalue weighted by molar-refractivity contribution is 0.336. The van der Waals surface area contributed by atoms with E-state index in [1.807, 2.05) is 12.1 Å². The summed E-state index contributed by atoms with van der Waals surface area (Å²) in [6.07, 6.45) is 8.26. The number of aromatic hydroxyl groups is 1. The van der Waals surface area contributed by atoms with Gasteiger partial charge in [0.25, 0.3) is 0 Å². The number of phenolic OH excluding ortho intramolecular Hbond substituents is 1. The highest BCUT2D eigenvalue weighted by atomic mass is 35.5. The Morgan fingerprint density at radius 3 is 2.58 bits per heavy atom. The van der Waals surface area contributed by atoms with E-state index in [4.69, 9.17) is 11.6 Å². The first-order valence-electron chi connectivity index (χ1n) is 7.37. The molecule has 1 aliphatic rings. The van der Waals surface area contributed by atoms with Gasteiger partial charge in [0, 0.05) is 12.6 Å². The summed E-state index contributed by atoms with van der Waals surface area (Å²) in [6, 6.07) is 5.97. The molecule has 1 saturated carbocycles. The molecule has 3 heteroatoms. The van der Waals surface area contributed by atoms with Gasteiger partial charge in [0.2, 0.25) is 0 Å². The quantitative estimate of drug-likeness (QED) is 0.797. The summed E-state index contributed by atoms with van der Waals surface area (Å²) in [4.78, 5) is 0. The van der Waals surface area contributed by atoms with Crippen LogP contribution >= 0.6 is 11.6 Å². The first kappa shape index (κ1) is 14.7. The second-order valence-corrected chi connectivity index (χ2v) is 6.11. The third-order valence-corrected chi connectivity index (χ3v) is 4.55. The molecule has 1 aromatic carbocycles. The van der Waals surface area contributed by atoms with Gasteiger partial charge in [-0.25, -0.2) is 0 Å². The van der Waals surface area contributed by atoms with Crippen LogP contribution in [0.25, 0.3) is 0 Å². The Morgan fingerprint density at radius 1 is 1.26 bits per heavy atom. The highest BCUT2D eigenvalue weighted by molar-refractivity contribution is 6.32. The molecule has 0 bridgehead atoms. The summed E-state index contributed by atoms with van der Waals surface area (Å²) < 4.78 is 0. The van der Waals surface area contributed by atoms with Crippen LogP contribution in [-0.4, -0.2) is 11.1 Å². The summed E-state index contributed by atoms with van der Waals surface area (Å²) >= 11 is 5.92. The molecule has 0 heterocycles. The molecule has 2 nitrogen and oxygen atoms in total. The predicted octanol–water partition coefficient (Wildman–Crippen LogP) is 4.49. The molecule has 1 fully saturated rings. The smallest absolute Gasteiger partial charge is 0.134 e. The zero-order valence-electron chi connectivity index (χ0n) is 11.7. The van der Waals surface area contributed by atoms with Crippen LogP contribution in [0.15, 0.2) is 18.2 Å². The highest BCUT2D eigenvalue weighted by Gasteiger charge is 2.18. The van der Waals surface area contributed by atoms with E-state index >= 15 is 0 Å². The summed E-state index contributed by atoms with van der Waals surface area (Å²) in [5, 5.41) is 13.4. The van der Waals surface area contributed by atoms with E-state index < -0.39 is 0 Å². The van der Waals surface area contributed by atoms with E-state index in [0.29, 0.717) is 11.1 Å². The van der Waals surface area contributed by atoms with E-state index in [2.05, 4.69) is 12.2 Å². The van der Waals surface area contributed by atoms with Crippen molar-refractivity contribution < 1.29 is 5.11 Å². The first-order chi connectivity index (χ1) is 9.16. The number of hydrogen-bond donors (Lipinski definition) is 2. The molecule has 0 amide bonds. The zero-order chi connectivity index (χ0) is 13.7. The summed E-state index contributed by atoms with van der Waals surface area (Å²) in [6.45, 7) is 3.11. The minimum absolute atomic E-state index is 0.155. The van der Waals surface area contributed by atoms with Gasteiger partial charge in [-0.2, -0.15) is 0 Å². The minimum atomic E-state index is 0.155. The number of rotatable bonds is 4. The molecule has 0 saturated heterocycles. The molecule has 1 aliphatic carbocycles. The molecular weight excluding hydrogens is 258 g/mol. The van der Waals surface area contributed by atoms with Crippen LogP contribution in [0.1, 0.15) is 51.0 Å². The van der Waals surface area contributed by atoms with Gasteiger partial charge >= 0.3 is 0 Å². The van der Waals surface area contributed by atoms with Crippen LogP contribution < -0.4 is 5.32 Å². The lowest BCUT2D eigenvalue weighted by Crippen LogP contribution is -2.32. The van der Waals surface area contributed by atoms with Gasteiger partial charge in [0.15, 0.2) is 0 Å². The molecule has 2 N–H and O–H groups in total. The third-order valence-electron chi connectivity index (χ3n) is 4.25. The Morgan fingerprint density at radius 2 is 1.95 bits per heavy atom. The van der Waals surface area contributed by atoms with Crippen LogP contribution in [-0.2, 0) is 6.54 Å². The van der Waals surface area contributed by atoms with E-state index in [1.165, 1.54) is 38.5 Å². The topological polar surface area (TPSA) is 32.3 Å². The van der Waals surface area contributed by atoms with Gasteiger partial charge in [-0.1, -0.05) is 43.4 Å². The second-order valence-electron chi connectivity index (χ2n) is 5.71. The Hall–Kier alpha value is -0.730. The second kappa shape index (κ2) is 7.16. The van der Waals surface area contributed by atoms with E-state index in [1.54, 1.807) is 6.07 Å². The first-order valence-corrected chi connectivity index (χ1v) is 7.75. The van der Waals surface area contributed by atoms with Crippen molar-refractivity contribution in [1.82, 2.24) is 5.32 Å². The number of benzene rings is 1. The van der Waals surface area contributed by atoms with E-state index in [9.17, 15) is 5.11 Å². The van der Waals surface area contributed by atoms with Crippen molar-refractivity contribution in [2.24, 2.45) is 5.92 Å². The van der Waals surface area contributed by atoms with Gasteiger partial charge in [0.1, 0.15) is 5.75 Å². The molecular formula is C16H24ClNO. The highest BCUT2D eigenvalue weighted by Crippen LogP contribution is 2.26. The number of halogens is 1. The van der Waals surface area contributed by atoms with Crippen LogP contribution in [0.4, 0.5) is 0 Å². The van der Waals surface area contributed by atoms with Gasteiger partial charge in [-0.3, -0.25) is 0 Å². The number of nitrogens with one attached hydrogen (secondary N) is 1. The fraction of sp³-hybridized carbons (Fsp3) is 0.625. The third kappa shape index (κ3) is 4.39. The monoisotopic (exact) mass is 281 g/mol. The summed E-state index contributed by atoms with van der Waals surface area (Å²) in [7, 11) is 0. The predicted molar refractivity (Wildman–Crippen MR) is 80.6 cm³/mol. The van der Waals surface area contributed by atoms with Crippen LogP contribution in [0.5, 0.6) is 5.75 Å². The summed E-state index contributed by atoms with van der Waals surface area (Å²) in [5.74, 6) is 0.956. The largest absolute Gasteiger partial charge is 0.506 e. The Labute approximate surface area is 121 Å².